The van der Waals surface area contributed by atoms with Gasteiger partial charge in [-0.15, -0.1) is 0 Å². The summed E-state index contributed by atoms with van der Waals surface area (Å²) in [5.41, 5.74) is 1.87. The highest BCUT2D eigenvalue weighted by Gasteiger charge is 2.08. The minimum absolute atomic E-state index is 0.276. The van der Waals surface area contributed by atoms with E-state index >= 15 is 0 Å². The van der Waals surface area contributed by atoms with Crippen LogP contribution in [0.2, 0.25) is 0 Å². The molecule has 0 saturated carbocycles. The molecule has 0 fully saturated rings. The minimum Gasteiger partial charge on any atom is -0.493 e. The van der Waals surface area contributed by atoms with Gasteiger partial charge in [0.1, 0.15) is 0 Å². The molecule has 0 aliphatic heterocycles. The van der Waals surface area contributed by atoms with E-state index in [0.29, 0.717) is 36.0 Å². The minimum atomic E-state index is -0.369. The highest BCUT2D eigenvalue weighted by molar-refractivity contribution is 6.02. The molecule has 6 nitrogen and oxygen atoms in total. The summed E-state index contributed by atoms with van der Waals surface area (Å²) >= 11 is 0. The van der Waals surface area contributed by atoms with E-state index in [1.165, 1.54) is 18.9 Å². The predicted octanol–water partition coefficient (Wildman–Crippen LogP) is 5.87. The summed E-state index contributed by atoms with van der Waals surface area (Å²) in [6.45, 7) is 5.16. The molecule has 0 atom stereocenters. The van der Waals surface area contributed by atoms with Gasteiger partial charge in [0.2, 0.25) is 5.91 Å². The van der Waals surface area contributed by atoms with E-state index < -0.39 is 0 Å². The van der Waals surface area contributed by atoms with Gasteiger partial charge in [-0.25, -0.2) is 4.79 Å². The smallest absolute Gasteiger partial charge is 0.338 e. The van der Waals surface area contributed by atoms with Crippen molar-refractivity contribution in [2.75, 3.05) is 25.6 Å². The molecule has 0 unspecified atom stereocenters. The van der Waals surface area contributed by atoms with Crippen molar-refractivity contribution < 1.29 is 23.8 Å². The summed E-state index contributed by atoms with van der Waals surface area (Å²) in [6, 6.07) is 12.2. The van der Waals surface area contributed by atoms with Crippen LogP contribution in [0.5, 0.6) is 11.5 Å². The van der Waals surface area contributed by atoms with Crippen molar-refractivity contribution in [1.82, 2.24) is 0 Å². The molecule has 32 heavy (non-hydrogen) atoms. The summed E-state index contributed by atoms with van der Waals surface area (Å²) in [4.78, 5) is 24.1. The number of hydrogen-bond acceptors (Lipinski definition) is 5. The van der Waals surface area contributed by atoms with E-state index in [4.69, 9.17) is 14.2 Å². The Morgan fingerprint density at radius 2 is 1.69 bits per heavy atom. The maximum absolute atomic E-state index is 12.2. The summed E-state index contributed by atoms with van der Waals surface area (Å²) < 4.78 is 16.3. The largest absolute Gasteiger partial charge is 0.493 e. The molecule has 0 spiro atoms. The molecule has 2 aromatic rings. The van der Waals surface area contributed by atoms with E-state index in [1.54, 1.807) is 37.5 Å². The Balaban J connectivity index is 1.90. The molecule has 0 saturated heterocycles. The Hall–Kier alpha value is -3.28. The van der Waals surface area contributed by atoms with Crippen molar-refractivity contribution >= 4 is 23.6 Å². The molecule has 0 aromatic heterocycles. The highest BCUT2D eigenvalue weighted by Crippen LogP contribution is 2.28. The van der Waals surface area contributed by atoms with E-state index in [0.717, 1.165) is 24.8 Å². The number of benzene rings is 2. The van der Waals surface area contributed by atoms with Crippen LogP contribution in [-0.4, -0.2) is 32.2 Å². The lowest BCUT2D eigenvalue weighted by Crippen LogP contribution is -2.09. The van der Waals surface area contributed by atoms with Gasteiger partial charge in [-0.05, 0) is 60.9 Å². The van der Waals surface area contributed by atoms with Crippen molar-refractivity contribution in [3.63, 3.8) is 0 Å². The van der Waals surface area contributed by atoms with Gasteiger partial charge in [-0.1, -0.05) is 39.2 Å². The molecule has 0 radical (unpaired) electrons. The summed E-state index contributed by atoms with van der Waals surface area (Å²) in [6.07, 6.45) is 8.49. The molecular formula is C26H33NO5. The Morgan fingerprint density at radius 3 is 2.38 bits per heavy atom. The predicted molar refractivity (Wildman–Crippen MR) is 127 cm³/mol. The van der Waals surface area contributed by atoms with Gasteiger partial charge in [0, 0.05) is 11.8 Å². The number of nitrogens with one attached hydrogen (secondary N) is 1. The van der Waals surface area contributed by atoms with Gasteiger partial charge < -0.3 is 19.5 Å². The normalized spacial score (nSPS) is 10.7. The summed E-state index contributed by atoms with van der Waals surface area (Å²) in [7, 11) is 1.60. The van der Waals surface area contributed by atoms with Crippen molar-refractivity contribution in [3.8, 4) is 11.5 Å². The van der Waals surface area contributed by atoms with Gasteiger partial charge in [0.15, 0.2) is 11.5 Å². The van der Waals surface area contributed by atoms with E-state index in [-0.39, 0.29) is 11.9 Å². The number of esters is 1. The molecule has 2 rings (SSSR count). The number of rotatable bonds is 13. The zero-order chi connectivity index (χ0) is 23.2. The molecule has 2 aromatic carbocycles. The van der Waals surface area contributed by atoms with E-state index in [2.05, 4.69) is 12.2 Å². The van der Waals surface area contributed by atoms with Gasteiger partial charge >= 0.3 is 5.97 Å². The van der Waals surface area contributed by atoms with Crippen LogP contribution in [0, 0.1) is 0 Å². The number of methoxy groups -OCH3 is 1. The lowest BCUT2D eigenvalue weighted by molar-refractivity contribution is -0.111. The second kappa shape index (κ2) is 13.9. The van der Waals surface area contributed by atoms with Crippen molar-refractivity contribution in [2.45, 2.75) is 46.0 Å². The van der Waals surface area contributed by atoms with Gasteiger partial charge in [-0.3, -0.25) is 4.79 Å². The number of hydrogen-bond donors (Lipinski definition) is 1. The standard InChI is InChI=1S/C26H33NO5/c1-4-6-7-8-18-31-23-15-9-20(19-24(23)30-3)10-16-25(28)27-22-13-11-21(12-14-22)26(29)32-17-5-2/h9-16,19H,4-8,17-18H2,1-3H3,(H,27,28)/b16-10+. The first-order valence-electron chi connectivity index (χ1n) is 11.1. The third-order valence-corrected chi connectivity index (χ3v) is 4.70. The van der Waals surface area contributed by atoms with Crippen LogP contribution in [0.1, 0.15) is 61.9 Å². The molecule has 1 amide bonds. The Labute approximate surface area is 190 Å². The first-order chi connectivity index (χ1) is 15.6. The fraction of sp³-hybridized carbons (Fsp3) is 0.385. The molecule has 0 aliphatic rings. The third-order valence-electron chi connectivity index (χ3n) is 4.70. The zero-order valence-electron chi connectivity index (χ0n) is 19.2. The van der Waals surface area contributed by atoms with Gasteiger partial charge in [0.25, 0.3) is 0 Å². The first kappa shape index (κ1) is 25.0. The molecule has 172 valence electrons. The van der Waals surface area contributed by atoms with Crippen LogP contribution >= 0.6 is 0 Å². The lowest BCUT2D eigenvalue weighted by atomic mass is 10.1. The van der Waals surface area contributed by atoms with Crippen LogP contribution in [0.25, 0.3) is 6.08 Å². The molecule has 0 aliphatic carbocycles. The fourth-order valence-electron chi connectivity index (χ4n) is 2.94. The number of unbranched alkanes of at least 4 members (excludes halogenated alkanes) is 3. The lowest BCUT2D eigenvalue weighted by Gasteiger charge is -2.11. The highest BCUT2D eigenvalue weighted by atomic mass is 16.5. The number of carbonyl (C=O) groups is 2. The quantitative estimate of drug-likeness (QED) is 0.240. The van der Waals surface area contributed by atoms with Crippen LogP contribution in [0.15, 0.2) is 48.5 Å². The average Bonchev–Trinajstić information content (AvgIpc) is 2.82. The second-order valence-corrected chi connectivity index (χ2v) is 7.36. The van der Waals surface area contributed by atoms with Crippen LogP contribution in [-0.2, 0) is 9.53 Å². The van der Waals surface area contributed by atoms with Crippen LogP contribution < -0.4 is 14.8 Å². The molecular weight excluding hydrogens is 406 g/mol. The van der Waals surface area contributed by atoms with Crippen molar-refractivity contribution in [3.05, 3.63) is 59.7 Å². The van der Waals surface area contributed by atoms with Gasteiger partial charge in [0.05, 0.1) is 25.9 Å². The maximum atomic E-state index is 12.2. The Morgan fingerprint density at radius 1 is 0.906 bits per heavy atom. The number of ether oxygens (including phenoxy) is 3. The zero-order valence-corrected chi connectivity index (χ0v) is 19.2. The number of anilines is 1. The molecule has 0 bridgehead atoms. The SMILES string of the molecule is CCCCCCOc1ccc(/C=C/C(=O)Nc2ccc(C(=O)OCCC)cc2)cc1OC. The monoisotopic (exact) mass is 439 g/mol. The molecule has 0 heterocycles. The number of amides is 1. The molecule has 1 N–H and O–H groups in total. The van der Waals surface area contributed by atoms with Crippen molar-refractivity contribution in [2.24, 2.45) is 0 Å². The van der Waals surface area contributed by atoms with Crippen molar-refractivity contribution in [1.29, 1.82) is 0 Å². The topological polar surface area (TPSA) is 73.9 Å². The second-order valence-electron chi connectivity index (χ2n) is 7.36. The first-order valence-corrected chi connectivity index (χ1v) is 11.1. The Bertz CT molecular complexity index is 890. The molecule has 6 heteroatoms. The maximum Gasteiger partial charge on any atom is 0.338 e. The fourth-order valence-corrected chi connectivity index (χ4v) is 2.94. The number of carbonyl (C=O) groups excluding carboxylic acids is 2. The Kier molecular flexibility index (Phi) is 10.9. The third kappa shape index (κ3) is 8.46. The summed E-state index contributed by atoms with van der Waals surface area (Å²) in [5.74, 6) is 0.685. The van der Waals surface area contributed by atoms with E-state index in [1.807, 2.05) is 25.1 Å². The van der Waals surface area contributed by atoms with Crippen LogP contribution in [0.4, 0.5) is 5.69 Å². The van der Waals surface area contributed by atoms with Crippen LogP contribution in [0.3, 0.4) is 0 Å². The summed E-state index contributed by atoms with van der Waals surface area (Å²) in [5, 5.41) is 2.77. The van der Waals surface area contributed by atoms with E-state index in [9.17, 15) is 9.59 Å². The van der Waals surface area contributed by atoms with Gasteiger partial charge in [-0.2, -0.15) is 0 Å². The average molecular weight is 440 g/mol.